The maximum absolute atomic E-state index is 12.3. The molecule has 0 heterocycles. The predicted octanol–water partition coefficient (Wildman–Crippen LogP) is 8.38. The molecule has 4 nitrogen and oxygen atoms in total. The molecule has 182 valence electrons. The van der Waals surface area contributed by atoms with Crippen LogP contribution in [0, 0.1) is 0 Å². The highest BCUT2D eigenvalue weighted by Gasteiger charge is 2.11. The average molecular weight is 439 g/mol. The largest absolute Gasteiger partial charge is 0.481 e. The Balaban J connectivity index is 4.04. The van der Waals surface area contributed by atoms with Crippen molar-refractivity contribution in [3.05, 3.63) is 12.2 Å². The highest BCUT2D eigenvalue weighted by molar-refractivity contribution is 5.69. The van der Waals surface area contributed by atoms with Crippen LogP contribution in [0.25, 0.3) is 0 Å². The van der Waals surface area contributed by atoms with Gasteiger partial charge in [0.15, 0.2) is 0 Å². The van der Waals surface area contributed by atoms with Crippen LogP contribution in [0.4, 0.5) is 0 Å². The van der Waals surface area contributed by atoms with Crippen molar-refractivity contribution in [3.63, 3.8) is 0 Å². The van der Waals surface area contributed by atoms with E-state index in [2.05, 4.69) is 26.0 Å². The quantitative estimate of drug-likeness (QED) is 0.0988. The fourth-order valence-electron chi connectivity index (χ4n) is 3.74. The third-order valence-corrected chi connectivity index (χ3v) is 5.72. The molecule has 0 rings (SSSR count). The van der Waals surface area contributed by atoms with Crippen LogP contribution in [0.3, 0.4) is 0 Å². The van der Waals surface area contributed by atoms with Gasteiger partial charge >= 0.3 is 11.9 Å². The van der Waals surface area contributed by atoms with Crippen LogP contribution in [0.1, 0.15) is 142 Å². The van der Waals surface area contributed by atoms with Gasteiger partial charge in [0.25, 0.3) is 0 Å². The van der Waals surface area contributed by atoms with E-state index in [-0.39, 0.29) is 18.5 Å². The summed E-state index contributed by atoms with van der Waals surface area (Å²) in [6.07, 6.45) is 25.2. The molecule has 0 amide bonds. The second-order valence-corrected chi connectivity index (χ2v) is 8.88. The minimum atomic E-state index is -0.724. The van der Waals surface area contributed by atoms with E-state index >= 15 is 0 Å². The molecule has 0 saturated carbocycles. The van der Waals surface area contributed by atoms with E-state index in [9.17, 15) is 9.59 Å². The number of allylic oxidation sites excluding steroid dienone is 1. The summed E-state index contributed by atoms with van der Waals surface area (Å²) in [6.45, 7) is 4.44. The zero-order chi connectivity index (χ0) is 23.0. The van der Waals surface area contributed by atoms with Crippen LogP contribution in [-0.2, 0) is 14.3 Å². The van der Waals surface area contributed by atoms with Crippen LogP contribution >= 0.6 is 0 Å². The van der Waals surface area contributed by atoms with Gasteiger partial charge in [-0.05, 0) is 44.6 Å². The molecule has 1 unspecified atom stereocenters. The number of rotatable bonds is 23. The Morgan fingerprint density at radius 3 is 1.84 bits per heavy atom. The first kappa shape index (κ1) is 29.7. The third-order valence-electron chi connectivity index (χ3n) is 5.72. The molecule has 0 aliphatic heterocycles. The SMILES string of the molecule is CCCCC/C=C\C(CCCCCCC(=O)O)OC(=O)CCCCCCCCCCC. The molecule has 0 spiro atoms. The summed E-state index contributed by atoms with van der Waals surface area (Å²) < 4.78 is 5.75. The Morgan fingerprint density at radius 1 is 0.710 bits per heavy atom. The summed E-state index contributed by atoms with van der Waals surface area (Å²) >= 11 is 0. The molecule has 4 heteroatoms. The summed E-state index contributed by atoms with van der Waals surface area (Å²) in [4.78, 5) is 22.9. The minimum absolute atomic E-state index is 0.0722. The van der Waals surface area contributed by atoms with Crippen LogP contribution in [0.15, 0.2) is 12.2 Å². The molecule has 0 aliphatic carbocycles. The van der Waals surface area contributed by atoms with E-state index in [1.165, 1.54) is 64.2 Å². The second kappa shape index (κ2) is 23.3. The molecule has 1 atom stereocenters. The lowest BCUT2D eigenvalue weighted by Gasteiger charge is -2.15. The second-order valence-electron chi connectivity index (χ2n) is 8.88. The Kier molecular flexibility index (Phi) is 22.4. The molecule has 0 radical (unpaired) electrons. The van der Waals surface area contributed by atoms with Gasteiger partial charge in [0.2, 0.25) is 0 Å². The highest BCUT2D eigenvalue weighted by atomic mass is 16.5. The minimum Gasteiger partial charge on any atom is -0.481 e. The van der Waals surface area contributed by atoms with Crippen LogP contribution < -0.4 is 0 Å². The number of hydrogen-bond donors (Lipinski definition) is 1. The van der Waals surface area contributed by atoms with Gasteiger partial charge in [-0.2, -0.15) is 0 Å². The van der Waals surface area contributed by atoms with Crippen molar-refractivity contribution in [1.29, 1.82) is 0 Å². The number of unbranched alkanes of at least 4 members (excludes halogenated alkanes) is 14. The monoisotopic (exact) mass is 438 g/mol. The van der Waals surface area contributed by atoms with Crippen LogP contribution in [0.5, 0.6) is 0 Å². The van der Waals surface area contributed by atoms with Gasteiger partial charge in [-0.15, -0.1) is 0 Å². The summed E-state index contributed by atoms with van der Waals surface area (Å²) in [6, 6.07) is 0. The molecular weight excluding hydrogens is 388 g/mol. The zero-order valence-electron chi connectivity index (χ0n) is 20.5. The average Bonchev–Trinajstić information content (AvgIpc) is 2.74. The van der Waals surface area contributed by atoms with E-state index in [0.29, 0.717) is 6.42 Å². The molecule has 31 heavy (non-hydrogen) atoms. The van der Waals surface area contributed by atoms with E-state index in [1.807, 2.05) is 0 Å². The van der Waals surface area contributed by atoms with E-state index in [4.69, 9.17) is 9.84 Å². The first-order valence-electron chi connectivity index (χ1n) is 13.2. The molecular formula is C27H50O4. The maximum Gasteiger partial charge on any atom is 0.306 e. The van der Waals surface area contributed by atoms with Crippen LogP contribution in [-0.4, -0.2) is 23.1 Å². The summed E-state index contributed by atoms with van der Waals surface area (Å²) in [5.41, 5.74) is 0. The van der Waals surface area contributed by atoms with E-state index in [0.717, 1.165) is 51.4 Å². The van der Waals surface area contributed by atoms with Gasteiger partial charge in [-0.1, -0.05) is 97.0 Å². The Morgan fingerprint density at radius 2 is 1.23 bits per heavy atom. The lowest BCUT2D eigenvalue weighted by molar-refractivity contribution is -0.147. The lowest BCUT2D eigenvalue weighted by atomic mass is 10.1. The Bertz CT molecular complexity index is 445. The van der Waals surface area contributed by atoms with Gasteiger partial charge in [-0.3, -0.25) is 9.59 Å². The summed E-state index contributed by atoms with van der Waals surface area (Å²) in [5.74, 6) is -0.796. The Hall–Kier alpha value is -1.32. The van der Waals surface area contributed by atoms with E-state index in [1.54, 1.807) is 0 Å². The maximum atomic E-state index is 12.3. The van der Waals surface area contributed by atoms with Crippen molar-refractivity contribution in [3.8, 4) is 0 Å². The Labute approximate surface area is 192 Å². The number of esters is 1. The van der Waals surface area contributed by atoms with Crippen molar-refractivity contribution >= 4 is 11.9 Å². The molecule has 0 aromatic carbocycles. The van der Waals surface area contributed by atoms with Crippen molar-refractivity contribution in [2.75, 3.05) is 0 Å². The van der Waals surface area contributed by atoms with Crippen LogP contribution in [0.2, 0.25) is 0 Å². The van der Waals surface area contributed by atoms with E-state index < -0.39 is 5.97 Å². The lowest BCUT2D eigenvalue weighted by Crippen LogP contribution is -2.16. The molecule has 1 N–H and O–H groups in total. The fraction of sp³-hybridized carbons (Fsp3) is 0.852. The molecule has 0 aromatic heterocycles. The normalized spacial score (nSPS) is 12.3. The van der Waals surface area contributed by atoms with Crippen molar-refractivity contribution < 1.29 is 19.4 Å². The van der Waals surface area contributed by atoms with Gasteiger partial charge in [0.05, 0.1) is 0 Å². The first-order valence-corrected chi connectivity index (χ1v) is 13.2. The number of carbonyl (C=O) groups is 2. The number of carboxylic acids is 1. The van der Waals surface area contributed by atoms with Crippen molar-refractivity contribution in [2.24, 2.45) is 0 Å². The number of aliphatic carboxylic acids is 1. The third kappa shape index (κ3) is 23.2. The first-order chi connectivity index (χ1) is 15.1. The standard InChI is InChI=1S/C27H50O4/c1-3-5-7-9-10-11-12-14-20-24-27(30)31-25(21-17-13-8-6-4-2)22-18-15-16-19-23-26(28)29/h17,21,25H,3-16,18-20,22-24H2,1-2H3,(H,28,29)/b21-17-. The van der Waals surface area contributed by atoms with Gasteiger partial charge in [0.1, 0.15) is 6.10 Å². The van der Waals surface area contributed by atoms with Gasteiger partial charge < -0.3 is 9.84 Å². The van der Waals surface area contributed by atoms with Crippen molar-refractivity contribution in [2.45, 2.75) is 148 Å². The van der Waals surface area contributed by atoms with Crippen molar-refractivity contribution in [1.82, 2.24) is 0 Å². The summed E-state index contributed by atoms with van der Waals surface area (Å²) in [5, 5.41) is 8.71. The van der Waals surface area contributed by atoms with Gasteiger partial charge in [0, 0.05) is 12.8 Å². The highest BCUT2D eigenvalue weighted by Crippen LogP contribution is 2.15. The summed E-state index contributed by atoms with van der Waals surface area (Å²) in [7, 11) is 0. The molecule has 0 aliphatic rings. The fourth-order valence-corrected chi connectivity index (χ4v) is 3.74. The topological polar surface area (TPSA) is 63.6 Å². The number of carboxylic acid groups (broad SMARTS) is 1. The number of ether oxygens (including phenoxy) is 1. The molecule has 0 saturated heterocycles. The molecule has 0 aromatic rings. The zero-order valence-corrected chi connectivity index (χ0v) is 20.5. The number of carbonyl (C=O) groups excluding carboxylic acids is 1. The smallest absolute Gasteiger partial charge is 0.306 e. The molecule has 0 bridgehead atoms. The number of hydrogen-bond acceptors (Lipinski definition) is 3. The van der Waals surface area contributed by atoms with Gasteiger partial charge in [-0.25, -0.2) is 0 Å². The predicted molar refractivity (Wildman–Crippen MR) is 130 cm³/mol. The molecule has 0 fully saturated rings.